The predicted molar refractivity (Wildman–Crippen MR) is 61.3 cm³/mol. The second-order valence-corrected chi connectivity index (χ2v) is 4.61. The lowest BCUT2D eigenvalue weighted by Crippen LogP contribution is -2.04. The van der Waals surface area contributed by atoms with E-state index in [1.165, 1.54) is 5.56 Å². The number of ether oxygens (including phenoxy) is 1. The Kier molecular flexibility index (Phi) is 2.62. The van der Waals surface area contributed by atoms with Gasteiger partial charge in [-0.15, -0.1) is 11.8 Å². The fourth-order valence-corrected chi connectivity index (χ4v) is 2.48. The van der Waals surface area contributed by atoms with Crippen molar-refractivity contribution in [3.05, 3.63) is 23.8 Å². The van der Waals surface area contributed by atoms with E-state index < -0.39 is 0 Å². The van der Waals surface area contributed by atoms with Crippen LogP contribution in [0.5, 0.6) is 5.75 Å². The van der Waals surface area contributed by atoms with Crippen molar-refractivity contribution >= 4 is 11.8 Å². The number of rotatable bonds is 3. The molecule has 2 rings (SSSR count). The van der Waals surface area contributed by atoms with Gasteiger partial charge in [-0.05, 0) is 36.8 Å². The lowest BCUT2D eigenvalue weighted by atomic mass is 9.98. The number of nitriles is 1. The third-order valence-electron chi connectivity index (χ3n) is 2.89. The second-order valence-electron chi connectivity index (χ2n) is 3.76. The van der Waals surface area contributed by atoms with E-state index in [0.717, 1.165) is 23.5 Å². The third-order valence-corrected chi connectivity index (χ3v) is 3.67. The highest BCUT2D eigenvalue weighted by molar-refractivity contribution is 7.98. The molecule has 0 aliphatic heterocycles. The minimum Gasteiger partial charge on any atom is -0.497 e. The molecule has 1 aliphatic carbocycles. The highest BCUT2D eigenvalue weighted by Crippen LogP contribution is 2.50. The summed E-state index contributed by atoms with van der Waals surface area (Å²) in [7, 11) is 1.66. The summed E-state index contributed by atoms with van der Waals surface area (Å²) in [5.41, 5.74) is 0.961. The Morgan fingerprint density at radius 3 is 2.67 bits per heavy atom. The summed E-state index contributed by atoms with van der Waals surface area (Å²) in [6.07, 6.45) is 4.01. The van der Waals surface area contributed by atoms with Crippen molar-refractivity contribution in [2.45, 2.75) is 23.2 Å². The normalized spacial score (nSPS) is 16.9. The molecule has 0 amide bonds. The van der Waals surface area contributed by atoms with Crippen LogP contribution >= 0.6 is 11.8 Å². The van der Waals surface area contributed by atoms with Gasteiger partial charge >= 0.3 is 0 Å². The summed E-state index contributed by atoms with van der Waals surface area (Å²) >= 11 is 1.68. The van der Waals surface area contributed by atoms with Gasteiger partial charge in [-0.3, -0.25) is 0 Å². The van der Waals surface area contributed by atoms with Gasteiger partial charge in [-0.1, -0.05) is 6.07 Å². The van der Waals surface area contributed by atoms with E-state index in [0.29, 0.717) is 0 Å². The SMILES string of the molecule is COc1ccc(C2(C#N)CC2)c(SC)c1. The van der Waals surface area contributed by atoms with Crippen LogP contribution in [-0.4, -0.2) is 13.4 Å². The van der Waals surface area contributed by atoms with Crippen LogP contribution in [0.3, 0.4) is 0 Å². The van der Waals surface area contributed by atoms with E-state index in [2.05, 4.69) is 6.07 Å². The van der Waals surface area contributed by atoms with Crippen molar-refractivity contribution in [1.82, 2.24) is 0 Å². The summed E-state index contributed by atoms with van der Waals surface area (Å²) < 4.78 is 5.18. The minimum absolute atomic E-state index is 0.204. The minimum atomic E-state index is -0.204. The molecule has 1 aromatic carbocycles. The first-order chi connectivity index (χ1) is 7.25. The fraction of sp³-hybridized carbons (Fsp3) is 0.417. The Morgan fingerprint density at radius 1 is 1.47 bits per heavy atom. The van der Waals surface area contributed by atoms with E-state index in [4.69, 9.17) is 10.00 Å². The summed E-state index contributed by atoms with van der Waals surface area (Å²) in [6.45, 7) is 0. The average Bonchev–Trinajstić information content (AvgIpc) is 3.09. The zero-order chi connectivity index (χ0) is 10.9. The Bertz CT molecular complexity index is 418. The molecule has 1 saturated carbocycles. The van der Waals surface area contributed by atoms with Crippen LogP contribution in [0, 0.1) is 11.3 Å². The van der Waals surface area contributed by atoms with Crippen molar-refractivity contribution in [1.29, 1.82) is 5.26 Å². The molecule has 0 spiro atoms. The van der Waals surface area contributed by atoms with E-state index in [1.54, 1.807) is 18.9 Å². The van der Waals surface area contributed by atoms with Crippen molar-refractivity contribution < 1.29 is 4.74 Å². The maximum Gasteiger partial charge on any atom is 0.119 e. The van der Waals surface area contributed by atoms with Crippen LogP contribution in [-0.2, 0) is 5.41 Å². The average molecular weight is 219 g/mol. The van der Waals surface area contributed by atoms with Gasteiger partial charge in [0.1, 0.15) is 5.75 Å². The highest BCUT2D eigenvalue weighted by Gasteiger charge is 2.46. The van der Waals surface area contributed by atoms with E-state index >= 15 is 0 Å². The molecule has 3 heteroatoms. The first kappa shape index (κ1) is 10.4. The zero-order valence-corrected chi connectivity index (χ0v) is 9.73. The smallest absolute Gasteiger partial charge is 0.119 e. The Morgan fingerprint density at radius 2 is 2.20 bits per heavy atom. The lowest BCUT2D eigenvalue weighted by Gasteiger charge is -2.12. The molecule has 0 heterocycles. The van der Waals surface area contributed by atoms with E-state index in [1.807, 2.05) is 24.5 Å². The van der Waals surface area contributed by atoms with Crippen LogP contribution in [0.15, 0.2) is 23.1 Å². The number of nitrogens with zero attached hydrogens (tertiary/aromatic N) is 1. The van der Waals surface area contributed by atoms with Crippen molar-refractivity contribution in [3.63, 3.8) is 0 Å². The van der Waals surface area contributed by atoms with Gasteiger partial charge in [0.25, 0.3) is 0 Å². The molecular formula is C12H13NOS. The largest absolute Gasteiger partial charge is 0.497 e. The molecule has 15 heavy (non-hydrogen) atoms. The van der Waals surface area contributed by atoms with Crippen LogP contribution in [0.2, 0.25) is 0 Å². The number of hydrogen-bond acceptors (Lipinski definition) is 3. The third kappa shape index (κ3) is 1.70. The molecular weight excluding hydrogens is 206 g/mol. The summed E-state index contributed by atoms with van der Waals surface area (Å²) in [4.78, 5) is 1.16. The maximum atomic E-state index is 9.17. The summed E-state index contributed by atoms with van der Waals surface area (Å²) in [5, 5.41) is 9.17. The van der Waals surface area contributed by atoms with Gasteiger partial charge in [-0.2, -0.15) is 5.26 Å². The molecule has 0 unspecified atom stereocenters. The van der Waals surface area contributed by atoms with Crippen molar-refractivity contribution in [3.8, 4) is 11.8 Å². The monoisotopic (exact) mass is 219 g/mol. The van der Waals surface area contributed by atoms with Gasteiger partial charge in [0.2, 0.25) is 0 Å². The summed E-state index contributed by atoms with van der Waals surface area (Å²) in [6, 6.07) is 8.40. The standard InChI is InChI=1S/C12H13NOS/c1-14-9-3-4-10(11(7-9)15-2)12(8-13)5-6-12/h3-4,7H,5-6H2,1-2H3. The Labute approximate surface area is 94.2 Å². The van der Waals surface area contributed by atoms with Crippen LogP contribution in [0.1, 0.15) is 18.4 Å². The van der Waals surface area contributed by atoms with Gasteiger partial charge in [-0.25, -0.2) is 0 Å². The molecule has 2 nitrogen and oxygen atoms in total. The predicted octanol–water partition coefficient (Wildman–Crippen LogP) is 2.97. The number of hydrogen-bond donors (Lipinski definition) is 0. The quantitative estimate of drug-likeness (QED) is 0.733. The second kappa shape index (κ2) is 3.79. The van der Waals surface area contributed by atoms with Crippen LogP contribution in [0.4, 0.5) is 0 Å². The summed E-state index contributed by atoms with van der Waals surface area (Å²) in [5.74, 6) is 0.858. The molecule has 0 saturated heterocycles. The first-order valence-corrected chi connectivity index (χ1v) is 6.12. The Hall–Kier alpha value is -1.14. The van der Waals surface area contributed by atoms with Gasteiger partial charge in [0.15, 0.2) is 0 Å². The van der Waals surface area contributed by atoms with Crippen molar-refractivity contribution in [2.75, 3.05) is 13.4 Å². The molecule has 0 bridgehead atoms. The maximum absolute atomic E-state index is 9.17. The van der Waals surface area contributed by atoms with Gasteiger partial charge < -0.3 is 4.74 Å². The van der Waals surface area contributed by atoms with Gasteiger partial charge in [0.05, 0.1) is 18.6 Å². The molecule has 0 atom stereocenters. The lowest BCUT2D eigenvalue weighted by molar-refractivity contribution is 0.413. The molecule has 0 radical (unpaired) electrons. The highest BCUT2D eigenvalue weighted by atomic mass is 32.2. The van der Waals surface area contributed by atoms with E-state index in [9.17, 15) is 0 Å². The zero-order valence-electron chi connectivity index (χ0n) is 8.91. The molecule has 0 N–H and O–H groups in total. The molecule has 1 aliphatic rings. The number of thioether (sulfide) groups is 1. The van der Waals surface area contributed by atoms with Gasteiger partial charge in [0, 0.05) is 4.90 Å². The molecule has 1 aromatic rings. The topological polar surface area (TPSA) is 33.0 Å². The molecule has 78 valence electrons. The molecule has 0 aromatic heterocycles. The van der Waals surface area contributed by atoms with Crippen molar-refractivity contribution in [2.24, 2.45) is 0 Å². The first-order valence-electron chi connectivity index (χ1n) is 4.89. The Balaban J connectivity index is 2.45. The fourth-order valence-electron chi connectivity index (χ4n) is 1.76. The number of methoxy groups -OCH3 is 1. The molecule has 1 fully saturated rings. The van der Waals surface area contributed by atoms with E-state index in [-0.39, 0.29) is 5.41 Å². The number of benzene rings is 1. The van der Waals surface area contributed by atoms with Crippen LogP contribution < -0.4 is 4.74 Å². The van der Waals surface area contributed by atoms with Crippen LogP contribution in [0.25, 0.3) is 0 Å².